The van der Waals surface area contributed by atoms with Crippen LogP contribution in [0.1, 0.15) is 0 Å². The predicted molar refractivity (Wildman–Crippen MR) is 61.2 cm³/mol. The van der Waals surface area contributed by atoms with Crippen molar-refractivity contribution in [2.75, 3.05) is 0 Å². The highest BCUT2D eigenvalue weighted by atomic mass is 79.9. The Morgan fingerprint density at radius 1 is 1.50 bits per heavy atom. The quantitative estimate of drug-likeness (QED) is 0.583. The van der Waals surface area contributed by atoms with E-state index in [0.29, 0.717) is 10.4 Å². The van der Waals surface area contributed by atoms with Gasteiger partial charge in [0.15, 0.2) is 0 Å². The van der Waals surface area contributed by atoms with Gasteiger partial charge in [0.2, 0.25) is 0 Å². The third-order valence-electron chi connectivity index (χ3n) is 1.81. The summed E-state index contributed by atoms with van der Waals surface area (Å²) >= 11 is 10.5. The third kappa shape index (κ3) is 1.41. The summed E-state index contributed by atoms with van der Waals surface area (Å²) in [6.07, 6.45) is 0. The Morgan fingerprint density at radius 3 is 2.86 bits per heavy atom. The summed E-state index contributed by atoms with van der Waals surface area (Å²) in [6.45, 7) is 0. The van der Waals surface area contributed by atoms with Gasteiger partial charge >= 0.3 is 0 Å². The molecule has 72 valence electrons. The van der Waals surface area contributed by atoms with Crippen molar-refractivity contribution in [2.24, 2.45) is 0 Å². The van der Waals surface area contributed by atoms with Gasteiger partial charge in [0, 0.05) is 0 Å². The van der Waals surface area contributed by atoms with Crippen molar-refractivity contribution >= 4 is 54.6 Å². The second-order valence-electron chi connectivity index (χ2n) is 2.62. The maximum atomic E-state index is 10.6. The van der Waals surface area contributed by atoms with Crippen LogP contribution in [-0.4, -0.2) is 4.92 Å². The van der Waals surface area contributed by atoms with E-state index in [1.54, 1.807) is 12.1 Å². The molecule has 3 nitrogen and oxygen atoms in total. The summed E-state index contributed by atoms with van der Waals surface area (Å²) in [5.41, 5.74) is 0.127. The smallest absolute Gasteiger partial charge is 0.258 e. The predicted octanol–water partition coefficient (Wildman–Crippen LogP) is 4.23. The zero-order chi connectivity index (χ0) is 10.3. The lowest BCUT2D eigenvalue weighted by atomic mass is 10.2. The molecule has 0 bridgehead atoms. The second-order valence-corrected chi connectivity index (χ2v) is 4.70. The van der Waals surface area contributed by atoms with Crippen molar-refractivity contribution in [1.29, 1.82) is 0 Å². The van der Waals surface area contributed by atoms with Crippen LogP contribution >= 0.6 is 38.9 Å². The van der Waals surface area contributed by atoms with Gasteiger partial charge in [-0.2, -0.15) is 0 Å². The molecule has 0 aliphatic rings. The van der Waals surface area contributed by atoms with Crippen LogP contribution in [-0.2, 0) is 0 Å². The molecule has 0 fully saturated rings. The van der Waals surface area contributed by atoms with Gasteiger partial charge in [-0.05, 0) is 28.1 Å². The number of hydrogen-bond acceptors (Lipinski definition) is 3. The Balaban J connectivity index is 2.83. The van der Waals surface area contributed by atoms with Crippen LogP contribution < -0.4 is 0 Å². The average Bonchev–Trinajstić information content (AvgIpc) is 2.55. The van der Waals surface area contributed by atoms with E-state index < -0.39 is 0 Å². The summed E-state index contributed by atoms with van der Waals surface area (Å²) in [6, 6.07) is 3.31. The van der Waals surface area contributed by atoms with E-state index in [0.717, 1.165) is 9.17 Å². The average molecular weight is 293 g/mol. The van der Waals surface area contributed by atoms with E-state index in [-0.39, 0.29) is 10.6 Å². The highest BCUT2D eigenvalue weighted by Crippen LogP contribution is 2.39. The van der Waals surface area contributed by atoms with Gasteiger partial charge in [-0.1, -0.05) is 11.6 Å². The molecule has 14 heavy (non-hydrogen) atoms. The molecule has 0 saturated carbocycles. The molecule has 2 aromatic rings. The molecule has 0 aliphatic heterocycles. The van der Waals surface area contributed by atoms with Crippen molar-refractivity contribution in [3.8, 4) is 0 Å². The highest BCUT2D eigenvalue weighted by molar-refractivity contribution is 9.10. The maximum Gasteiger partial charge on any atom is 0.287 e. The molecule has 0 unspecified atom stereocenters. The van der Waals surface area contributed by atoms with Crippen LogP contribution in [0.5, 0.6) is 0 Å². The van der Waals surface area contributed by atoms with Gasteiger partial charge in [-0.15, -0.1) is 11.3 Å². The molecule has 1 aromatic heterocycles. The Bertz CT molecular complexity index is 525. The third-order valence-corrected chi connectivity index (χ3v) is 4.44. The molecule has 0 atom stereocenters. The van der Waals surface area contributed by atoms with Crippen molar-refractivity contribution < 1.29 is 4.92 Å². The number of hydrogen-bond donors (Lipinski definition) is 0. The van der Waals surface area contributed by atoms with Crippen molar-refractivity contribution in [2.45, 2.75) is 0 Å². The van der Waals surface area contributed by atoms with Crippen LogP contribution in [0.2, 0.25) is 5.02 Å². The van der Waals surface area contributed by atoms with Crippen molar-refractivity contribution in [1.82, 2.24) is 0 Å². The van der Waals surface area contributed by atoms with Crippen LogP contribution in [0, 0.1) is 10.1 Å². The molecule has 0 amide bonds. The van der Waals surface area contributed by atoms with E-state index in [9.17, 15) is 10.1 Å². The van der Waals surface area contributed by atoms with Gasteiger partial charge in [0.05, 0.1) is 29.9 Å². The minimum absolute atomic E-state index is 0.127. The lowest BCUT2D eigenvalue weighted by Gasteiger charge is -1.95. The molecule has 1 heterocycles. The molecular formula is C8H3BrClNO2S. The highest BCUT2D eigenvalue weighted by Gasteiger charge is 2.16. The molecule has 6 heteroatoms. The summed E-state index contributed by atoms with van der Waals surface area (Å²) in [4.78, 5) is 10.2. The molecule has 0 N–H and O–H groups in total. The van der Waals surface area contributed by atoms with E-state index in [4.69, 9.17) is 11.6 Å². The molecule has 0 saturated heterocycles. The molecule has 0 spiro atoms. The standard InChI is InChI=1S/C8H3BrClNO2S/c9-7-5(10)2-1-4-6(11(12)13)3-14-8(4)7/h1-3H. The number of rotatable bonds is 1. The topological polar surface area (TPSA) is 43.1 Å². The van der Waals surface area contributed by atoms with Crippen molar-refractivity contribution in [3.63, 3.8) is 0 Å². The Labute approximate surface area is 96.6 Å². The molecule has 1 aromatic carbocycles. The van der Waals surface area contributed by atoms with Crippen LogP contribution in [0.4, 0.5) is 5.69 Å². The van der Waals surface area contributed by atoms with Gasteiger partial charge in [0.1, 0.15) is 0 Å². The van der Waals surface area contributed by atoms with Gasteiger partial charge in [-0.3, -0.25) is 10.1 Å². The van der Waals surface area contributed by atoms with Crippen LogP contribution in [0.25, 0.3) is 10.1 Å². The summed E-state index contributed by atoms with van der Waals surface area (Å²) < 4.78 is 1.53. The first-order valence-corrected chi connectivity index (χ1v) is 5.66. The Morgan fingerprint density at radius 2 is 2.21 bits per heavy atom. The zero-order valence-corrected chi connectivity index (χ0v) is 9.82. The first-order valence-electron chi connectivity index (χ1n) is 3.61. The van der Waals surface area contributed by atoms with E-state index >= 15 is 0 Å². The Kier molecular flexibility index (Phi) is 2.47. The van der Waals surface area contributed by atoms with Crippen molar-refractivity contribution in [3.05, 3.63) is 37.1 Å². The number of fused-ring (bicyclic) bond motifs is 1. The molecular weight excluding hydrogens is 290 g/mol. The van der Waals surface area contributed by atoms with Gasteiger partial charge < -0.3 is 0 Å². The molecule has 2 rings (SSSR count). The minimum Gasteiger partial charge on any atom is -0.258 e. The number of thiophene rings is 1. The van der Waals surface area contributed by atoms with E-state index in [1.807, 2.05) is 0 Å². The van der Waals surface area contributed by atoms with Crippen LogP contribution in [0.15, 0.2) is 22.0 Å². The summed E-state index contributed by atoms with van der Waals surface area (Å²) in [7, 11) is 0. The van der Waals surface area contributed by atoms with Crippen LogP contribution in [0.3, 0.4) is 0 Å². The minimum atomic E-state index is -0.390. The fraction of sp³-hybridized carbons (Fsp3) is 0. The second kappa shape index (κ2) is 3.49. The maximum absolute atomic E-state index is 10.6. The molecule has 0 radical (unpaired) electrons. The number of halogens is 2. The fourth-order valence-corrected chi connectivity index (χ4v) is 2.96. The lowest BCUT2D eigenvalue weighted by molar-refractivity contribution is -0.382. The number of nitrogens with zero attached hydrogens (tertiary/aromatic N) is 1. The van der Waals surface area contributed by atoms with Gasteiger partial charge in [0.25, 0.3) is 5.69 Å². The zero-order valence-electron chi connectivity index (χ0n) is 6.66. The molecule has 0 aliphatic carbocycles. The largest absolute Gasteiger partial charge is 0.287 e. The fourth-order valence-electron chi connectivity index (χ4n) is 1.17. The lowest BCUT2D eigenvalue weighted by Crippen LogP contribution is -1.84. The first kappa shape index (κ1) is 9.89. The normalized spacial score (nSPS) is 10.7. The first-order chi connectivity index (χ1) is 6.61. The summed E-state index contributed by atoms with van der Waals surface area (Å²) in [5, 5.41) is 13.3. The summed E-state index contributed by atoms with van der Waals surface area (Å²) in [5.74, 6) is 0. The Hall–Kier alpha value is -0.650. The van der Waals surface area contributed by atoms with E-state index in [1.165, 1.54) is 16.7 Å². The SMILES string of the molecule is O=[N+]([O-])c1csc2c(Br)c(Cl)ccc12. The van der Waals surface area contributed by atoms with Gasteiger partial charge in [-0.25, -0.2) is 0 Å². The monoisotopic (exact) mass is 291 g/mol. The number of benzene rings is 1. The van der Waals surface area contributed by atoms with E-state index in [2.05, 4.69) is 15.9 Å². The number of nitro groups is 1.